The Bertz CT molecular complexity index is 519. The molecule has 0 aliphatic carbocycles. The molecule has 0 aromatic heterocycles. The van der Waals surface area contributed by atoms with Crippen molar-refractivity contribution in [1.29, 1.82) is 0 Å². The first kappa shape index (κ1) is 13.9. The number of carbonyl (C=O) groups excluding carboxylic acids is 1. The lowest BCUT2D eigenvalue weighted by Crippen LogP contribution is -2.42. The van der Waals surface area contributed by atoms with Crippen molar-refractivity contribution in [1.82, 2.24) is 10.6 Å². The molecule has 1 saturated heterocycles. The van der Waals surface area contributed by atoms with Gasteiger partial charge in [0.15, 0.2) is 0 Å². The van der Waals surface area contributed by atoms with Crippen LogP contribution in [0.4, 0.5) is 0 Å². The van der Waals surface area contributed by atoms with Gasteiger partial charge in [-0.15, -0.1) is 0 Å². The third-order valence-electron chi connectivity index (χ3n) is 3.90. The zero-order chi connectivity index (χ0) is 13.9. The maximum absolute atomic E-state index is 11.9. The second kappa shape index (κ2) is 6.14. The van der Waals surface area contributed by atoms with Crippen molar-refractivity contribution in [3.05, 3.63) is 27.7 Å². The molecule has 4 nitrogen and oxygen atoms in total. The summed E-state index contributed by atoms with van der Waals surface area (Å²) in [5.74, 6) is 1.12. The van der Waals surface area contributed by atoms with E-state index in [9.17, 15) is 4.79 Å². The monoisotopic (exact) mass is 338 g/mol. The molecule has 2 aliphatic rings. The molecular formula is C15H19BrN2O2. The third kappa shape index (κ3) is 2.99. The third-order valence-corrected chi connectivity index (χ3v) is 4.36. The molecule has 1 unspecified atom stereocenters. The minimum Gasteiger partial charge on any atom is -0.493 e. The van der Waals surface area contributed by atoms with Gasteiger partial charge in [0.1, 0.15) is 5.75 Å². The van der Waals surface area contributed by atoms with E-state index in [1.165, 1.54) is 5.56 Å². The molecule has 108 valence electrons. The van der Waals surface area contributed by atoms with Gasteiger partial charge in [-0.3, -0.25) is 4.79 Å². The Kier molecular flexibility index (Phi) is 4.27. The van der Waals surface area contributed by atoms with Gasteiger partial charge in [0.2, 0.25) is 5.91 Å². The molecule has 5 heteroatoms. The average molecular weight is 339 g/mol. The van der Waals surface area contributed by atoms with Gasteiger partial charge in [-0.05, 0) is 37.0 Å². The number of rotatable bonds is 3. The lowest BCUT2D eigenvalue weighted by Gasteiger charge is -2.16. The molecular weight excluding hydrogens is 320 g/mol. The zero-order valence-electron chi connectivity index (χ0n) is 11.4. The van der Waals surface area contributed by atoms with E-state index in [2.05, 4.69) is 38.7 Å². The van der Waals surface area contributed by atoms with Crippen molar-refractivity contribution in [2.75, 3.05) is 13.2 Å². The van der Waals surface area contributed by atoms with Crippen LogP contribution in [-0.2, 0) is 17.8 Å². The molecule has 3 rings (SSSR count). The summed E-state index contributed by atoms with van der Waals surface area (Å²) in [5, 5.41) is 6.32. The number of amides is 1. The minimum absolute atomic E-state index is 0.0893. The van der Waals surface area contributed by atoms with Crippen LogP contribution in [0, 0.1) is 0 Å². The Morgan fingerprint density at radius 2 is 2.30 bits per heavy atom. The van der Waals surface area contributed by atoms with E-state index in [0.29, 0.717) is 6.54 Å². The van der Waals surface area contributed by atoms with Crippen LogP contribution in [0.25, 0.3) is 0 Å². The fourth-order valence-corrected chi connectivity index (χ4v) is 3.40. The van der Waals surface area contributed by atoms with Crippen molar-refractivity contribution >= 4 is 21.8 Å². The highest BCUT2D eigenvalue weighted by molar-refractivity contribution is 9.10. The highest BCUT2D eigenvalue weighted by Gasteiger charge is 2.22. The lowest BCUT2D eigenvalue weighted by atomic mass is 10.1. The second-order valence-electron chi connectivity index (χ2n) is 5.37. The molecule has 2 heterocycles. The molecule has 0 saturated carbocycles. The highest BCUT2D eigenvalue weighted by atomic mass is 79.9. The molecule has 0 spiro atoms. The maximum Gasteiger partial charge on any atom is 0.237 e. The first-order valence-corrected chi connectivity index (χ1v) is 7.98. The van der Waals surface area contributed by atoms with Gasteiger partial charge in [-0.25, -0.2) is 0 Å². The summed E-state index contributed by atoms with van der Waals surface area (Å²) < 4.78 is 6.79. The van der Waals surface area contributed by atoms with Crippen molar-refractivity contribution in [3.63, 3.8) is 0 Å². The molecule has 1 atom stereocenters. The van der Waals surface area contributed by atoms with Gasteiger partial charge in [0, 0.05) is 29.5 Å². The Labute approximate surface area is 127 Å². The van der Waals surface area contributed by atoms with Crippen LogP contribution in [0.5, 0.6) is 5.75 Å². The predicted molar refractivity (Wildman–Crippen MR) is 80.8 cm³/mol. The largest absolute Gasteiger partial charge is 0.493 e. The van der Waals surface area contributed by atoms with Gasteiger partial charge < -0.3 is 15.4 Å². The SMILES string of the molecule is O=C1NCCCCC1NCc1cc(Br)cc2c1OCC2. The molecule has 2 N–H and O–H groups in total. The van der Waals surface area contributed by atoms with Gasteiger partial charge >= 0.3 is 0 Å². The number of halogens is 1. The van der Waals surface area contributed by atoms with Gasteiger partial charge in [0.25, 0.3) is 0 Å². The van der Waals surface area contributed by atoms with Crippen molar-refractivity contribution in [3.8, 4) is 5.75 Å². The van der Waals surface area contributed by atoms with Gasteiger partial charge in [-0.1, -0.05) is 15.9 Å². The van der Waals surface area contributed by atoms with Crippen LogP contribution in [0.3, 0.4) is 0 Å². The molecule has 2 aliphatic heterocycles. The Balaban J connectivity index is 1.70. The molecule has 0 bridgehead atoms. The number of ether oxygens (including phenoxy) is 1. The van der Waals surface area contributed by atoms with Crippen LogP contribution >= 0.6 is 15.9 Å². The second-order valence-corrected chi connectivity index (χ2v) is 6.29. The van der Waals surface area contributed by atoms with Crippen LogP contribution in [0.2, 0.25) is 0 Å². The molecule has 20 heavy (non-hydrogen) atoms. The minimum atomic E-state index is -0.0893. The Morgan fingerprint density at radius 3 is 3.20 bits per heavy atom. The number of carbonyl (C=O) groups is 1. The fourth-order valence-electron chi connectivity index (χ4n) is 2.84. The van der Waals surface area contributed by atoms with Crippen LogP contribution < -0.4 is 15.4 Å². The van der Waals surface area contributed by atoms with Gasteiger partial charge in [0.05, 0.1) is 12.6 Å². The average Bonchev–Trinajstić information content (AvgIpc) is 2.79. The van der Waals surface area contributed by atoms with Crippen molar-refractivity contribution in [2.24, 2.45) is 0 Å². The topological polar surface area (TPSA) is 50.4 Å². The van der Waals surface area contributed by atoms with E-state index in [0.717, 1.165) is 54.6 Å². The first-order chi connectivity index (χ1) is 9.74. The zero-order valence-corrected chi connectivity index (χ0v) is 13.0. The van der Waals surface area contributed by atoms with E-state index in [-0.39, 0.29) is 11.9 Å². The summed E-state index contributed by atoms with van der Waals surface area (Å²) in [5.41, 5.74) is 2.38. The normalized spacial score (nSPS) is 21.9. The quantitative estimate of drug-likeness (QED) is 0.887. The first-order valence-electron chi connectivity index (χ1n) is 7.19. The van der Waals surface area contributed by atoms with Crippen molar-refractivity contribution in [2.45, 2.75) is 38.3 Å². The summed E-state index contributed by atoms with van der Waals surface area (Å²) in [4.78, 5) is 11.9. The number of hydrogen-bond donors (Lipinski definition) is 2. The summed E-state index contributed by atoms with van der Waals surface area (Å²) in [6.07, 6.45) is 4.03. The van der Waals surface area contributed by atoms with Crippen LogP contribution in [0.1, 0.15) is 30.4 Å². The number of hydrogen-bond acceptors (Lipinski definition) is 3. The van der Waals surface area contributed by atoms with E-state index in [1.54, 1.807) is 0 Å². The Morgan fingerprint density at radius 1 is 1.40 bits per heavy atom. The van der Waals surface area contributed by atoms with Crippen LogP contribution in [0.15, 0.2) is 16.6 Å². The molecule has 1 fully saturated rings. The van der Waals surface area contributed by atoms with Crippen molar-refractivity contribution < 1.29 is 9.53 Å². The lowest BCUT2D eigenvalue weighted by molar-refractivity contribution is -0.122. The molecule has 1 aromatic carbocycles. The fraction of sp³-hybridized carbons (Fsp3) is 0.533. The predicted octanol–water partition coefficient (Wildman–Crippen LogP) is 2.14. The van der Waals surface area contributed by atoms with E-state index in [1.807, 2.05) is 0 Å². The molecule has 0 radical (unpaired) electrons. The van der Waals surface area contributed by atoms with Gasteiger partial charge in [-0.2, -0.15) is 0 Å². The van der Waals surface area contributed by atoms with E-state index in [4.69, 9.17) is 4.74 Å². The summed E-state index contributed by atoms with van der Waals surface area (Å²) in [7, 11) is 0. The van der Waals surface area contributed by atoms with Crippen LogP contribution in [-0.4, -0.2) is 25.1 Å². The number of benzene rings is 1. The standard InChI is InChI=1S/C15H19BrN2O2/c16-12-7-10-4-6-20-14(10)11(8-12)9-18-13-3-1-2-5-17-15(13)19/h7-8,13,18H,1-6,9H2,(H,17,19). The number of fused-ring (bicyclic) bond motifs is 1. The molecule has 1 amide bonds. The Hall–Kier alpha value is -1.07. The summed E-state index contributed by atoms with van der Waals surface area (Å²) >= 11 is 3.54. The smallest absolute Gasteiger partial charge is 0.237 e. The summed E-state index contributed by atoms with van der Waals surface area (Å²) in [6, 6.07) is 4.10. The van der Waals surface area contributed by atoms with E-state index < -0.39 is 0 Å². The summed E-state index contributed by atoms with van der Waals surface area (Å²) in [6.45, 7) is 2.22. The highest BCUT2D eigenvalue weighted by Crippen LogP contribution is 2.33. The number of nitrogens with one attached hydrogen (secondary N) is 2. The van der Waals surface area contributed by atoms with E-state index >= 15 is 0 Å². The molecule has 1 aromatic rings. The maximum atomic E-state index is 11.9.